The highest BCUT2D eigenvalue weighted by Gasteiger charge is 2.22. The van der Waals surface area contributed by atoms with E-state index in [1.807, 2.05) is 18.2 Å². The van der Waals surface area contributed by atoms with E-state index in [-0.39, 0.29) is 18.3 Å². The molecular weight excluding hydrogens is 424 g/mol. The van der Waals surface area contributed by atoms with Crippen molar-refractivity contribution in [3.05, 3.63) is 77.2 Å². The van der Waals surface area contributed by atoms with Crippen molar-refractivity contribution in [1.82, 2.24) is 9.80 Å². The maximum Gasteiger partial charge on any atom is 0.128 e. The molecule has 3 aromatic rings. The number of thiophene rings is 1. The number of hydrogen-bond acceptors (Lipinski definition) is 4. The monoisotopic (exact) mass is 452 g/mol. The van der Waals surface area contributed by atoms with Gasteiger partial charge in [-0.1, -0.05) is 67.6 Å². The topological polar surface area (TPSA) is 23.6 Å². The molecule has 1 saturated heterocycles. The van der Waals surface area contributed by atoms with E-state index >= 15 is 0 Å². The Morgan fingerprint density at radius 1 is 1.03 bits per heavy atom. The summed E-state index contributed by atoms with van der Waals surface area (Å²) in [4.78, 5) is 16.8. The lowest BCUT2D eigenvalue weighted by Crippen LogP contribution is -2.47. The number of hydrogen-bond donors (Lipinski definition) is 0. The standard InChI is InChI=1S/C26H28N2OS.ClH/c1-21(24(19-29)25-20-30-26-12-6-5-11-23(25)26)18-28-16-14-27(15-17-28)13-7-10-22-8-3-2-4-9-22;/h2-12,20-21H,13-18H2,1H3;1H. The summed E-state index contributed by atoms with van der Waals surface area (Å²) in [5.74, 6) is 2.44. The fourth-order valence-corrected chi connectivity index (χ4v) is 5.10. The summed E-state index contributed by atoms with van der Waals surface area (Å²) in [7, 11) is 0. The molecule has 3 nitrogen and oxygen atoms in total. The summed E-state index contributed by atoms with van der Waals surface area (Å²) in [5.41, 5.74) is 3.11. The van der Waals surface area contributed by atoms with Gasteiger partial charge in [0.05, 0.1) is 0 Å². The first-order valence-electron chi connectivity index (χ1n) is 10.6. The maximum absolute atomic E-state index is 11.8. The van der Waals surface area contributed by atoms with Crippen LogP contribution in [0, 0.1) is 5.92 Å². The summed E-state index contributed by atoms with van der Waals surface area (Å²) in [6.07, 6.45) is 4.45. The number of rotatable bonds is 7. The molecule has 0 saturated carbocycles. The van der Waals surface area contributed by atoms with E-state index in [1.165, 1.54) is 15.6 Å². The van der Waals surface area contributed by atoms with Gasteiger partial charge in [-0.15, -0.1) is 23.7 Å². The first-order valence-corrected chi connectivity index (χ1v) is 11.5. The molecule has 2 heterocycles. The third-order valence-electron chi connectivity index (χ3n) is 5.84. The van der Waals surface area contributed by atoms with Gasteiger partial charge in [0.2, 0.25) is 0 Å². The van der Waals surface area contributed by atoms with E-state index < -0.39 is 0 Å². The first kappa shape index (κ1) is 23.5. The minimum absolute atomic E-state index is 0. The summed E-state index contributed by atoms with van der Waals surface area (Å²) in [5, 5.41) is 3.28. The molecule has 1 atom stereocenters. The molecule has 4 rings (SSSR count). The van der Waals surface area contributed by atoms with Crippen LogP contribution in [0.5, 0.6) is 0 Å². The van der Waals surface area contributed by atoms with Gasteiger partial charge in [-0.3, -0.25) is 4.90 Å². The van der Waals surface area contributed by atoms with Crippen molar-refractivity contribution in [3.63, 3.8) is 0 Å². The largest absolute Gasteiger partial charge is 0.300 e. The van der Waals surface area contributed by atoms with Gasteiger partial charge in [0.15, 0.2) is 0 Å². The average molecular weight is 453 g/mol. The Morgan fingerprint density at radius 3 is 2.45 bits per heavy atom. The Morgan fingerprint density at radius 2 is 1.71 bits per heavy atom. The van der Waals surface area contributed by atoms with Crippen molar-refractivity contribution in [3.8, 4) is 0 Å². The minimum atomic E-state index is 0. The molecule has 0 radical (unpaired) electrons. The normalized spacial score (nSPS) is 16.2. The second-order valence-corrected chi connectivity index (χ2v) is 8.89. The van der Waals surface area contributed by atoms with Crippen LogP contribution in [0.2, 0.25) is 0 Å². The molecule has 0 amide bonds. The Kier molecular flexibility index (Phi) is 8.65. The van der Waals surface area contributed by atoms with Gasteiger partial charge < -0.3 is 4.90 Å². The van der Waals surface area contributed by atoms with E-state index in [0.717, 1.165) is 50.4 Å². The number of nitrogens with zero attached hydrogens (tertiary/aromatic N) is 2. The second-order valence-electron chi connectivity index (χ2n) is 7.98. The van der Waals surface area contributed by atoms with Crippen molar-refractivity contribution in [2.45, 2.75) is 6.92 Å². The quantitative estimate of drug-likeness (QED) is 0.442. The van der Waals surface area contributed by atoms with Gasteiger partial charge >= 0.3 is 0 Å². The van der Waals surface area contributed by atoms with Crippen LogP contribution in [0.15, 0.2) is 66.1 Å². The summed E-state index contributed by atoms with van der Waals surface area (Å²) >= 11 is 1.70. The summed E-state index contributed by atoms with van der Waals surface area (Å²) < 4.78 is 1.23. The molecule has 1 fully saturated rings. The van der Waals surface area contributed by atoms with Gasteiger partial charge in [-0.05, 0) is 11.6 Å². The van der Waals surface area contributed by atoms with Gasteiger partial charge in [0.25, 0.3) is 0 Å². The predicted molar refractivity (Wildman–Crippen MR) is 136 cm³/mol. The molecule has 2 aromatic carbocycles. The number of halogens is 1. The first-order chi connectivity index (χ1) is 14.7. The van der Waals surface area contributed by atoms with Crippen LogP contribution in [0.3, 0.4) is 0 Å². The fraction of sp³-hybridized carbons (Fsp3) is 0.308. The third-order valence-corrected chi connectivity index (χ3v) is 6.81. The van der Waals surface area contributed by atoms with E-state index in [1.54, 1.807) is 11.3 Å². The Hall–Kier alpha value is -2.20. The third kappa shape index (κ3) is 5.94. The van der Waals surface area contributed by atoms with E-state index in [0.29, 0.717) is 0 Å². The maximum atomic E-state index is 11.8. The van der Waals surface area contributed by atoms with Gasteiger partial charge in [0, 0.05) is 71.8 Å². The van der Waals surface area contributed by atoms with E-state index in [2.05, 4.69) is 76.6 Å². The number of benzene rings is 2. The van der Waals surface area contributed by atoms with E-state index in [9.17, 15) is 4.79 Å². The lowest BCUT2D eigenvalue weighted by Gasteiger charge is -2.35. The van der Waals surface area contributed by atoms with Crippen LogP contribution >= 0.6 is 23.7 Å². The molecule has 0 bridgehead atoms. The number of carbonyl (C=O) groups excluding carboxylic acids is 1. The zero-order valence-corrected chi connectivity index (χ0v) is 19.5. The van der Waals surface area contributed by atoms with Crippen LogP contribution in [-0.4, -0.2) is 55.0 Å². The molecule has 0 aliphatic carbocycles. The second kappa shape index (κ2) is 11.4. The molecule has 1 unspecified atom stereocenters. The predicted octanol–water partition coefficient (Wildman–Crippen LogP) is 5.51. The van der Waals surface area contributed by atoms with Gasteiger partial charge in [-0.25, -0.2) is 4.79 Å². The molecule has 0 spiro atoms. The molecule has 0 N–H and O–H groups in total. The number of piperazine rings is 1. The van der Waals surface area contributed by atoms with Crippen LogP contribution in [0.4, 0.5) is 0 Å². The molecule has 5 heteroatoms. The van der Waals surface area contributed by atoms with Crippen LogP contribution in [0.25, 0.3) is 21.7 Å². The minimum Gasteiger partial charge on any atom is -0.300 e. The van der Waals surface area contributed by atoms with Crippen LogP contribution < -0.4 is 0 Å². The zero-order valence-electron chi connectivity index (χ0n) is 17.9. The van der Waals surface area contributed by atoms with E-state index in [4.69, 9.17) is 0 Å². The van der Waals surface area contributed by atoms with Gasteiger partial charge in [-0.2, -0.15) is 0 Å². The van der Waals surface area contributed by atoms with Crippen molar-refractivity contribution in [2.24, 2.45) is 5.92 Å². The average Bonchev–Trinajstić information content (AvgIpc) is 3.20. The molecule has 1 aromatic heterocycles. The fourth-order valence-electron chi connectivity index (χ4n) is 4.14. The van der Waals surface area contributed by atoms with Crippen molar-refractivity contribution >= 4 is 51.4 Å². The molecule has 31 heavy (non-hydrogen) atoms. The highest BCUT2D eigenvalue weighted by atomic mass is 35.5. The highest BCUT2D eigenvalue weighted by Crippen LogP contribution is 2.33. The lowest BCUT2D eigenvalue weighted by atomic mass is 9.94. The van der Waals surface area contributed by atoms with Crippen molar-refractivity contribution in [1.29, 1.82) is 0 Å². The lowest BCUT2D eigenvalue weighted by molar-refractivity contribution is 0.136. The zero-order chi connectivity index (χ0) is 20.8. The van der Waals surface area contributed by atoms with Crippen LogP contribution in [-0.2, 0) is 4.79 Å². The molecule has 1 aliphatic rings. The van der Waals surface area contributed by atoms with Crippen molar-refractivity contribution in [2.75, 3.05) is 39.3 Å². The van der Waals surface area contributed by atoms with Gasteiger partial charge in [0.1, 0.15) is 5.94 Å². The highest BCUT2D eigenvalue weighted by molar-refractivity contribution is 7.17. The number of fused-ring (bicyclic) bond motifs is 1. The van der Waals surface area contributed by atoms with Crippen molar-refractivity contribution < 1.29 is 4.79 Å². The Labute approximate surface area is 195 Å². The molecular formula is C26H29ClN2OS. The Bertz CT molecular complexity index is 1050. The molecule has 162 valence electrons. The van der Waals surface area contributed by atoms with Crippen LogP contribution in [0.1, 0.15) is 18.1 Å². The summed E-state index contributed by atoms with van der Waals surface area (Å²) in [6, 6.07) is 18.7. The summed E-state index contributed by atoms with van der Waals surface area (Å²) in [6.45, 7) is 8.25. The SMILES string of the molecule is CC(CN1CCN(CC=Cc2ccccc2)CC1)C(=C=O)c1csc2ccccc12.Cl. The smallest absolute Gasteiger partial charge is 0.128 e. The Balaban J connectivity index is 0.00000272. The molecule has 1 aliphatic heterocycles.